The van der Waals surface area contributed by atoms with Crippen molar-refractivity contribution in [1.82, 2.24) is 0 Å². The van der Waals surface area contributed by atoms with Gasteiger partial charge in [0, 0.05) is 0 Å². The predicted molar refractivity (Wildman–Crippen MR) is 133 cm³/mol. The van der Waals surface area contributed by atoms with Crippen LogP contribution in [-0.2, 0) is 19.1 Å². The van der Waals surface area contributed by atoms with Crippen molar-refractivity contribution in [2.24, 2.45) is 81.8 Å². The highest BCUT2D eigenvalue weighted by molar-refractivity contribution is 5.83. The molecular formula is C32H38O4. The summed E-state index contributed by atoms with van der Waals surface area (Å²) in [5.41, 5.74) is 4.22. The molecule has 4 nitrogen and oxygen atoms in total. The number of esters is 2. The fourth-order valence-electron chi connectivity index (χ4n) is 14.6. The smallest absolute Gasteiger partial charge is 0.309 e. The number of hydrogen-bond acceptors (Lipinski definition) is 4. The number of hydrogen-bond donors (Lipinski definition) is 0. The van der Waals surface area contributed by atoms with Gasteiger partial charge in [-0.1, -0.05) is 38.1 Å². The van der Waals surface area contributed by atoms with Crippen LogP contribution in [0.25, 0.3) is 0 Å². The van der Waals surface area contributed by atoms with Crippen LogP contribution < -0.4 is 0 Å². The molecular weight excluding hydrogens is 448 g/mol. The second-order valence-corrected chi connectivity index (χ2v) is 14.5. The van der Waals surface area contributed by atoms with E-state index < -0.39 is 0 Å². The second kappa shape index (κ2) is 6.24. The van der Waals surface area contributed by atoms with Crippen molar-refractivity contribution in [3.8, 4) is 0 Å². The van der Waals surface area contributed by atoms with Crippen LogP contribution in [0.5, 0.6) is 0 Å². The summed E-state index contributed by atoms with van der Waals surface area (Å²) < 4.78 is 10.6. The van der Waals surface area contributed by atoms with Gasteiger partial charge < -0.3 is 9.47 Å². The van der Waals surface area contributed by atoms with E-state index in [1.807, 2.05) is 0 Å². The largest absolute Gasteiger partial charge is 0.469 e. The molecule has 190 valence electrons. The molecule has 0 aromatic heterocycles. The fraction of sp³-hybridized carbons (Fsp3) is 0.750. The highest BCUT2D eigenvalue weighted by atomic mass is 16.5. The van der Waals surface area contributed by atoms with E-state index >= 15 is 0 Å². The van der Waals surface area contributed by atoms with Gasteiger partial charge in [-0.2, -0.15) is 0 Å². The molecule has 0 saturated heterocycles. The van der Waals surface area contributed by atoms with Gasteiger partial charge in [-0.15, -0.1) is 0 Å². The molecule has 36 heavy (non-hydrogen) atoms. The van der Waals surface area contributed by atoms with Crippen LogP contribution in [0, 0.1) is 81.8 Å². The van der Waals surface area contributed by atoms with Crippen LogP contribution in [-0.4, -0.2) is 26.2 Å². The summed E-state index contributed by atoms with van der Waals surface area (Å²) in [6.07, 6.45) is 4.88. The molecule has 10 rings (SSSR count). The molecule has 0 aliphatic heterocycles. The number of methoxy groups -OCH3 is 2. The highest BCUT2D eigenvalue weighted by Crippen LogP contribution is 2.95. The molecule has 0 amide bonds. The Labute approximate surface area is 213 Å². The number of ether oxygens (including phenoxy) is 2. The molecule has 4 heteroatoms. The van der Waals surface area contributed by atoms with E-state index in [1.165, 1.54) is 27.1 Å². The maximum absolute atomic E-state index is 13.1. The zero-order chi connectivity index (χ0) is 24.5. The third-order valence-corrected chi connectivity index (χ3v) is 14.9. The quantitative estimate of drug-likeness (QED) is 0.422. The lowest BCUT2D eigenvalue weighted by molar-refractivity contribution is -0.377. The van der Waals surface area contributed by atoms with Crippen LogP contribution in [0.3, 0.4) is 0 Å². The molecule has 1 aromatic rings. The second-order valence-electron chi connectivity index (χ2n) is 14.5. The van der Waals surface area contributed by atoms with Gasteiger partial charge in [0.05, 0.1) is 26.1 Å². The van der Waals surface area contributed by atoms with Gasteiger partial charge in [0.1, 0.15) is 0 Å². The van der Waals surface area contributed by atoms with E-state index in [1.54, 1.807) is 11.1 Å². The molecule has 0 unspecified atom stereocenters. The Morgan fingerprint density at radius 3 is 1.56 bits per heavy atom. The number of carbonyl (C=O) groups excluding carboxylic acids is 2. The van der Waals surface area contributed by atoms with Crippen molar-refractivity contribution in [2.75, 3.05) is 14.2 Å². The van der Waals surface area contributed by atoms with Crippen molar-refractivity contribution >= 4 is 11.9 Å². The van der Waals surface area contributed by atoms with Crippen LogP contribution in [0.4, 0.5) is 0 Å². The predicted octanol–water partition coefficient (Wildman–Crippen LogP) is 5.28. The zero-order valence-corrected chi connectivity index (χ0v) is 21.9. The van der Waals surface area contributed by atoms with E-state index in [9.17, 15) is 9.59 Å². The van der Waals surface area contributed by atoms with Crippen molar-refractivity contribution in [2.45, 2.75) is 51.4 Å². The zero-order valence-electron chi connectivity index (χ0n) is 21.9. The van der Waals surface area contributed by atoms with E-state index in [0.29, 0.717) is 34.5 Å². The summed E-state index contributed by atoms with van der Waals surface area (Å²) >= 11 is 0. The van der Waals surface area contributed by atoms with Crippen LogP contribution >= 0.6 is 0 Å². The Morgan fingerprint density at radius 2 is 1.14 bits per heavy atom. The molecule has 0 heterocycles. The SMILES string of the molecule is COC(=O)[C@@H]1[C@H]2CC[C@@H]([C@H]1C(=O)OC)[C@@H]1[C@@H]3C[C@H]([C@H]21)[C@@H]1[C@H]3[C@@]2(C)[C@H]3[C@H]([C@H]4C[C@@H]3c3ccccc34)[C@@]12C. The lowest BCUT2D eigenvalue weighted by Gasteiger charge is -2.85. The molecule has 9 aliphatic rings. The average Bonchev–Trinajstić information content (AvgIpc) is 3.68. The molecule has 0 spiro atoms. The third kappa shape index (κ3) is 1.82. The van der Waals surface area contributed by atoms with Crippen molar-refractivity contribution < 1.29 is 19.1 Å². The van der Waals surface area contributed by atoms with Gasteiger partial charge in [-0.3, -0.25) is 9.59 Å². The van der Waals surface area contributed by atoms with E-state index in [-0.39, 0.29) is 23.8 Å². The van der Waals surface area contributed by atoms with E-state index in [0.717, 1.165) is 60.2 Å². The maximum Gasteiger partial charge on any atom is 0.309 e. The van der Waals surface area contributed by atoms with Crippen LogP contribution in [0.1, 0.15) is 62.5 Å². The lowest BCUT2D eigenvalue weighted by Crippen LogP contribution is -2.82. The number of rotatable bonds is 2. The van der Waals surface area contributed by atoms with E-state index in [4.69, 9.17) is 9.47 Å². The van der Waals surface area contributed by atoms with Gasteiger partial charge in [0.25, 0.3) is 0 Å². The Balaban J connectivity index is 1.13. The Morgan fingerprint density at radius 1 is 0.694 bits per heavy atom. The minimum absolute atomic E-state index is 0.170. The van der Waals surface area contributed by atoms with Gasteiger partial charge in [-0.05, 0) is 119 Å². The molecule has 1 aromatic carbocycles. The molecule has 8 fully saturated rings. The lowest BCUT2D eigenvalue weighted by atomic mass is 9.18. The first-order valence-corrected chi connectivity index (χ1v) is 14.6. The number of benzene rings is 1. The van der Waals surface area contributed by atoms with Gasteiger partial charge in [-0.25, -0.2) is 0 Å². The van der Waals surface area contributed by atoms with Gasteiger partial charge >= 0.3 is 11.9 Å². The van der Waals surface area contributed by atoms with Gasteiger partial charge in [0.15, 0.2) is 0 Å². The fourth-order valence-corrected chi connectivity index (χ4v) is 14.6. The minimum Gasteiger partial charge on any atom is -0.469 e. The average molecular weight is 487 g/mol. The third-order valence-electron chi connectivity index (χ3n) is 14.9. The Kier molecular flexibility index (Phi) is 3.66. The first kappa shape index (κ1) is 21.1. The summed E-state index contributed by atoms with van der Waals surface area (Å²) in [6, 6.07) is 9.36. The molecule has 0 radical (unpaired) electrons. The standard InChI is InChI=1S/C32H38O4/c1-31-25-17-11-18(14-8-6-5-7-13(14)17)26(25)32(31,2)28-20-12-19(27(28)31)21-15-9-10-16(22(20)21)24(30(34)36-4)23(15)29(33)35-3/h5-8,15-28H,9-12H2,1-4H3/t15-,16+,17-,18+,19+,20-,21-,22+,23-,24-,25-,26+,27+,28-,31-,32+/m1/s1. The topological polar surface area (TPSA) is 52.6 Å². The summed E-state index contributed by atoms with van der Waals surface area (Å²) in [4.78, 5) is 26.2. The monoisotopic (exact) mass is 486 g/mol. The summed E-state index contributed by atoms with van der Waals surface area (Å²) in [6.45, 7) is 5.37. The minimum atomic E-state index is -0.303. The molecule has 6 bridgehead atoms. The normalized spacial score (nSPS) is 59.1. The molecule has 16 atom stereocenters. The van der Waals surface area contributed by atoms with Gasteiger partial charge in [0.2, 0.25) is 0 Å². The van der Waals surface area contributed by atoms with Crippen molar-refractivity contribution in [3.05, 3.63) is 35.4 Å². The summed E-state index contributed by atoms with van der Waals surface area (Å²) in [5, 5.41) is 0. The van der Waals surface area contributed by atoms with Crippen LogP contribution in [0.2, 0.25) is 0 Å². The summed E-state index contributed by atoms with van der Waals surface area (Å²) in [7, 11) is 2.99. The molecule has 0 N–H and O–H groups in total. The Hall–Kier alpha value is -1.84. The van der Waals surface area contributed by atoms with E-state index in [2.05, 4.69) is 38.1 Å². The van der Waals surface area contributed by atoms with Crippen molar-refractivity contribution in [1.29, 1.82) is 0 Å². The first-order chi connectivity index (χ1) is 17.4. The highest BCUT2D eigenvalue weighted by Gasteiger charge is 2.90. The van der Waals surface area contributed by atoms with Crippen molar-refractivity contribution in [3.63, 3.8) is 0 Å². The molecule has 9 aliphatic carbocycles. The number of carbonyl (C=O) groups is 2. The first-order valence-electron chi connectivity index (χ1n) is 14.6. The maximum atomic E-state index is 13.1. The molecule has 8 saturated carbocycles. The van der Waals surface area contributed by atoms with Crippen LogP contribution in [0.15, 0.2) is 24.3 Å². The Bertz CT molecular complexity index is 1130. The summed E-state index contributed by atoms with van der Waals surface area (Å²) in [5.74, 6) is 7.16. The number of fused-ring (bicyclic) bond motifs is 20.